The van der Waals surface area contributed by atoms with E-state index in [0.717, 1.165) is 65.3 Å². The molecule has 1 spiro atoms. The summed E-state index contributed by atoms with van der Waals surface area (Å²) in [6, 6.07) is 11.6. The van der Waals surface area contributed by atoms with Crippen LogP contribution in [0.25, 0.3) is 0 Å². The van der Waals surface area contributed by atoms with Crippen molar-refractivity contribution in [1.29, 1.82) is 0 Å². The predicted octanol–water partition coefficient (Wildman–Crippen LogP) is 4.22. The molecular weight excluding hydrogens is 446 g/mol. The molecule has 158 valence electrons. The van der Waals surface area contributed by atoms with Gasteiger partial charge in [-0.25, -0.2) is 0 Å². The molecule has 3 heterocycles. The monoisotopic (exact) mass is 471 g/mol. The van der Waals surface area contributed by atoms with Crippen molar-refractivity contribution < 1.29 is 14.6 Å². The standard InChI is InChI=1S/C23H26BrN3O3/c1-2-27-9-7-23(8-10-27)25-18(15-3-6-21-22(11-15)30-14-29-21)13-19(26-23)17-12-16(24)4-5-20(17)28/h3-6,11-12,19,26,28H,2,7-10,13-14H2,1H3/t19-/m1/s1. The zero-order chi connectivity index (χ0) is 20.7. The van der Waals surface area contributed by atoms with Crippen LogP contribution in [0.5, 0.6) is 17.2 Å². The highest BCUT2D eigenvalue weighted by Gasteiger charge is 2.40. The first-order chi connectivity index (χ1) is 14.5. The van der Waals surface area contributed by atoms with Crippen molar-refractivity contribution in [3.8, 4) is 17.2 Å². The molecule has 0 bridgehead atoms. The number of nitrogens with one attached hydrogen (secondary N) is 1. The van der Waals surface area contributed by atoms with Gasteiger partial charge >= 0.3 is 0 Å². The number of halogens is 1. The van der Waals surface area contributed by atoms with Gasteiger partial charge in [0.25, 0.3) is 0 Å². The molecule has 1 saturated heterocycles. The summed E-state index contributed by atoms with van der Waals surface area (Å²) in [6.45, 7) is 5.55. The van der Waals surface area contributed by atoms with Crippen molar-refractivity contribution in [3.05, 3.63) is 52.0 Å². The summed E-state index contributed by atoms with van der Waals surface area (Å²) in [4.78, 5) is 7.72. The van der Waals surface area contributed by atoms with Crippen molar-refractivity contribution in [1.82, 2.24) is 10.2 Å². The van der Waals surface area contributed by atoms with Crippen LogP contribution >= 0.6 is 15.9 Å². The van der Waals surface area contributed by atoms with Gasteiger partial charge in [-0.3, -0.25) is 10.3 Å². The number of benzene rings is 2. The van der Waals surface area contributed by atoms with E-state index in [0.29, 0.717) is 12.2 Å². The fourth-order valence-corrected chi connectivity index (χ4v) is 5.03. The maximum Gasteiger partial charge on any atom is 0.231 e. The van der Waals surface area contributed by atoms with E-state index in [1.807, 2.05) is 24.3 Å². The number of aliphatic imine (C=N–C) groups is 1. The average Bonchev–Trinajstić information content (AvgIpc) is 3.23. The zero-order valence-corrected chi connectivity index (χ0v) is 18.6. The molecule has 2 aromatic rings. The summed E-state index contributed by atoms with van der Waals surface area (Å²) in [5.41, 5.74) is 2.67. The molecule has 6 nitrogen and oxygen atoms in total. The maximum atomic E-state index is 10.6. The molecule has 0 unspecified atom stereocenters. The molecule has 30 heavy (non-hydrogen) atoms. The first-order valence-electron chi connectivity index (χ1n) is 10.5. The molecule has 7 heteroatoms. The Balaban J connectivity index is 1.53. The van der Waals surface area contributed by atoms with E-state index in [1.165, 1.54) is 0 Å². The fraction of sp³-hybridized carbons (Fsp3) is 0.435. The van der Waals surface area contributed by atoms with Crippen LogP contribution in [0.1, 0.15) is 43.4 Å². The van der Waals surface area contributed by atoms with Gasteiger partial charge < -0.3 is 19.5 Å². The van der Waals surface area contributed by atoms with Crippen molar-refractivity contribution in [2.24, 2.45) is 4.99 Å². The lowest BCUT2D eigenvalue weighted by molar-refractivity contribution is 0.129. The van der Waals surface area contributed by atoms with E-state index < -0.39 is 0 Å². The third kappa shape index (κ3) is 3.70. The smallest absolute Gasteiger partial charge is 0.231 e. The average molecular weight is 472 g/mol. The molecule has 2 N–H and O–H groups in total. The maximum absolute atomic E-state index is 10.6. The Labute approximate surface area is 185 Å². The Morgan fingerprint density at radius 3 is 2.77 bits per heavy atom. The second-order valence-corrected chi connectivity index (χ2v) is 9.11. The number of rotatable bonds is 3. The van der Waals surface area contributed by atoms with Gasteiger partial charge in [-0.1, -0.05) is 22.9 Å². The van der Waals surface area contributed by atoms with Crippen molar-refractivity contribution in [2.45, 2.75) is 37.9 Å². The molecule has 0 amide bonds. The topological polar surface area (TPSA) is 66.3 Å². The van der Waals surface area contributed by atoms with Gasteiger partial charge in [0.15, 0.2) is 11.5 Å². The molecule has 0 saturated carbocycles. The number of fused-ring (bicyclic) bond motifs is 1. The fourth-order valence-electron chi connectivity index (χ4n) is 4.65. The normalized spacial score (nSPS) is 22.9. The van der Waals surface area contributed by atoms with Crippen LogP contribution in [0.2, 0.25) is 0 Å². The predicted molar refractivity (Wildman–Crippen MR) is 119 cm³/mol. The van der Waals surface area contributed by atoms with E-state index in [2.05, 4.69) is 39.1 Å². The lowest BCUT2D eigenvalue weighted by Crippen LogP contribution is -2.56. The Kier molecular flexibility index (Phi) is 5.21. The third-order valence-corrected chi connectivity index (χ3v) is 6.88. The number of piperidine rings is 1. The second kappa shape index (κ2) is 7.87. The van der Waals surface area contributed by atoms with Gasteiger partial charge in [-0.15, -0.1) is 0 Å². The molecular formula is C23H26BrN3O3. The number of hydrogen-bond acceptors (Lipinski definition) is 6. The van der Waals surface area contributed by atoms with Gasteiger partial charge in [0.2, 0.25) is 6.79 Å². The summed E-state index contributed by atoms with van der Waals surface area (Å²) in [7, 11) is 0. The minimum atomic E-state index is -0.324. The lowest BCUT2D eigenvalue weighted by Gasteiger charge is -2.45. The van der Waals surface area contributed by atoms with E-state index in [1.54, 1.807) is 6.07 Å². The number of aromatic hydroxyl groups is 1. The van der Waals surface area contributed by atoms with E-state index >= 15 is 0 Å². The van der Waals surface area contributed by atoms with Crippen molar-refractivity contribution in [2.75, 3.05) is 26.4 Å². The molecule has 0 radical (unpaired) electrons. The second-order valence-electron chi connectivity index (χ2n) is 8.20. The lowest BCUT2D eigenvalue weighted by atomic mass is 9.87. The number of likely N-dealkylation sites (tertiary alicyclic amines) is 1. The van der Waals surface area contributed by atoms with Crippen LogP contribution in [-0.4, -0.2) is 47.8 Å². The van der Waals surface area contributed by atoms with Crippen LogP contribution in [0.4, 0.5) is 0 Å². The Bertz CT molecular complexity index is 986. The summed E-state index contributed by atoms with van der Waals surface area (Å²) < 4.78 is 12.0. The van der Waals surface area contributed by atoms with E-state index in [9.17, 15) is 5.11 Å². The third-order valence-electron chi connectivity index (χ3n) is 6.39. The summed E-state index contributed by atoms with van der Waals surface area (Å²) in [5.74, 6) is 1.86. The minimum Gasteiger partial charge on any atom is -0.508 e. The SMILES string of the molecule is CCN1CCC2(CC1)N=C(c1ccc3c(c1)OCO3)C[C@H](c1cc(Br)ccc1O)N2. The zero-order valence-electron chi connectivity index (χ0n) is 17.0. The Morgan fingerprint density at radius 2 is 1.97 bits per heavy atom. The molecule has 5 rings (SSSR count). The van der Waals surface area contributed by atoms with E-state index in [-0.39, 0.29) is 18.5 Å². The highest BCUT2D eigenvalue weighted by molar-refractivity contribution is 9.10. The first-order valence-corrected chi connectivity index (χ1v) is 11.3. The number of nitrogens with zero attached hydrogens (tertiary/aromatic N) is 2. The first kappa shape index (κ1) is 19.8. The molecule has 0 aromatic heterocycles. The quantitative estimate of drug-likeness (QED) is 0.701. The van der Waals surface area contributed by atoms with Crippen LogP contribution in [0, 0.1) is 0 Å². The van der Waals surface area contributed by atoms with Gasteiger partial charge in [-0.05, 0) is 61.3 Å². The molecule has 3 aliphatic rings. The molecule has 2 aromatic carbocycles. The number of phenolic OH excluding ortho intramolecular Hbond substituents is 1. The van der Waals surface area contributed by atoms with Crippen LogP contribution in [0.3, 0.4) is 0 Å². The van der Waals surface area contributed by atoms with Crippen LogP contribution < -0.4 is 14.8 Å². The Hall–Kier alpha value is -2.09. The van der Waals surface area contributed by atoms with Crippen LogP contribution in [-0.2, 0) is 0 Å². The van der Waals surface area contributed by atoms with Gasteiger partial charge in [0.05, 0.1) is 0 Å². The number of phenols is 1. The largest absolute Gasteiger partial charge is 0.508 e. The summed E-state index contributed by atoms with van der Waals surface area (Å²) in [5, 5.41) is 14.4. The molecule has 0 aliphatic carbocycles. The highest BCUT2D eigenvalue weighted by atomic mass is 79.9. The van der Waals surface area contributed by atoms with Gasteiger partial charge in [0, 0.05) is 41.3 Å². The molecule has 3 aliphatic heterocycles. The summed E-state index contributed by atoms with van der Waals surface area (Å²) >= 11 is 3.56. The van der Waals surface area contributed by atoms with Gasteiger partial charge in [0.1, 0.15) is 11.4 Å². The van der Waals surface area contributed by atoms with Crippen molar-refractivity contribution in [3.63, 3.8) is 0 Å². The number of ether oxygens (including phenoxy) is 2. The highest BCUT2D eigenvalue weighted by Crippen LogP contribution is 2.40. The number of hydrogen-bond donors (Lipinski definition) is 2. The van der Waals surface area contributed by atoms with Gasteiger partial charge in [-0.2, -0.15) is 0 Å². The van der Waals surface area contributed by atoms with E-state index in [4.69, 9.17) is 14.5 Å². The molecule has 1 fully saturated rings. The Morgan fingerprint density at radius 1 is 1.17 bits per heavy atom. The molecule has 1 atom stereocenters. The van der Waals surface area contributed by atoms with Crippen LogP contribution in [0.15, 0.2) is 45.9 Å². The minimum absolute atomic E-state index is 0.0198. The van der Waals surface area contributed by atoms with Crippen molar-refractivity contribution >= 4 is 21.6 Å². The summed E-state index contributed by atoms with van der Waals surface area (Å²) in [6.07, 6.45) is 2.59.